The SMILES string of the molecule is CCCCOc1cccc(/C(O)=C2\C(=O)C(=O)N(CCCN(CC)CC)C2c2cccc(OC)c2)c1. The lowest BCUT2D eigenvalue weighted by molar-refractivity contribution is -0.140. The first kappa shape index (κ1) is 27.3. The van der Waals surface area contributed by atoms with Gasteiger partial charge in [-0.15, -0.1) is 0 Å². The third kappa shape index (κ3) is 6.26. The number of amides is 1. The molecule has 1 heterocycles. The maximum atomic E-state index is 13.3. The number of methoxy groups -OCH3 is 1. The molecule has 2 aromatic carbocycles. The zero-order chi connectivity index (χ0) is 26.1. The molecule has 1 N–H and O–H groups in total. The zero-order valence-electron chi connectivity index (χ0n) is 21.8. The third-order valence-corrected chi connectivity index (χ3v) is 6.59. The van der Waals surface area contributed by atoms with Gasteiger partial charge in [-0.05, 0) is 62.3 Å². The van der Waals surface area contributed by atoms with Crippen LogP contribution in [0.25, 0.3) is 5.76 Å². The lowest BCUT2D eigenvalue weighted by Gasteiger charge is -2.27. The number of Topliss-reactive ketones (excluding diaryl/α,β-unsaturated/α-hetero) is 1. The number of benzene rings is 2. The molecule has 7 nitrogen and oxygen atoms in total. The van der Waals surface area contributed by atoms with Crippen LogP contribution in [-0.4, -0.2) is 66.5 Å². The minimum atomic E-state index is -0.707. The van der Waals surface area contributed by atoms with Gasteiger partial charge < -0.3 is 24.4 Å². The third-order valence-electron chi connectivity index (χ3n) is 6.59. The van der Waals surface area contributed by atoms with E-state index in [0.717, 1.165) is 38.9 Å². The van der Waals surface area contributed by atoms with Crippen LogP contribution in [0.1, 0.15) is 57.2 Å². The second kappa shape index (κ2) is 13.1. The molecule has 36 heavy (non-hydrogen) atoms. The minimum absolute atomic E-state index is 0.0850. The Morgan fingerprint density at radius 2 is 1.72 bits per heavy atom. The highest BCUT2D eigenvalue weighted by Crippen LogP contribution is 2.40. The Hall–Kier alpha value is -3.32. The molecule has 1 fully saturated rings. The van der Waals surface area contributed by atoms with Crippen molar-refractivity contribution in [2.24, 2.45) is 0 Å². The fourth-order valence-electron chi connectivity index (χ4n) is 4.50. The second-order valence-electron chi connectivity index (χ2n) is 8.88. The maximum absolute atomic E-state index is 13.3. The summed E-state index contributed by atoms with van der Waals surface area (Å²) in [5, 5.41) is 11.4. The number of rotatable bonds is 13. The Morgan fingerprint density at radius 3 is 2.42 bits per heavy atom. The van der Waals surface area contributed by atoms with Crippen molar-refractivity contribution in [2.75, 3.05) is 39.9 Å². The van der Waals surface area contributed by atoms with Crippen LogP contribution < -0.4 is 9.47 Å². The number of carbonyl (C=O) groups excluding carboxylic acids is 2. The van der Waals surface area contributed by atoms with Crippen LogP contribution in [0, 0.1) is 0 Å². The molecule has 194 valence electrons. The average molecular weight is 495 g/mol. The second-order valence-corrected chi connectivity index (χ2v) is 8.88. The predicted octanol–water partition coefficient (Wildman–Crippen LogP) is 5.03. The number of ketones is 1. The number of hydrogen-bond donors (Lipinski definition) is 1. The van der Waals surface area contributed by atoms with Gasteiger partial charge in [0.25, 0.3) is 11.7 Å². The highest BCUT2D eigenvalue weighted by Gasteiger charge is 2.46. The molecule has 0 radical (unpaired) electrons. The summed E-state index contributed by atoms with van der Waals surface area (Å²) in [7, 11) is 1.57. The fraction of sp³-hybridized carbons (Fsp3) is 0.448. The first-order chi connectivity index (χ1) is 17.4. The van der Waals surface area contributed by atoms with E-state index < -0.39 is 17.7 Å². The first-order valence-corrected chi connectivity index (χ1v) is 12.8. The number of carbonyl (C=O) groups is 2. The molecule has 1 amide bonds. The highest BCUT2D eigenvalue weighted by atomic mass is 16.5. The molecule has 7 heteroatoms. The molecule has 1 atom stereocenters. The molecule has 3 rings (SSSR count). The van der Waals surface area contributed by atoms with Gasteiger partial charge in [-0.2, -0.15) is 0 Å². The average Bonchev–Trinajstić information content (AvgIpc) is 3.16. The topological polar surface area (TPSA) is 79.3 Å². The van der Waals surface area contributed by atoms with E-state index in [9.17, 15) is 14.7 Å². The van der Waals surface area contributed by atoms with Gasteiger partial charge in [0.2, 0.25) is 0 Å². The Kier molecular flexibility index (Phi) is 9.94. The molecule has 0 aromatic heterocycles. The van der Waals surface area contributed by atoms with Gasteiger partial charge in [-0.3, -0.25) is 9.59 Å². The molecule has 1 saturated heterocycles. The lowest BCUT2D eigenvalue weighted by atomic mass is 9.95. The molecule has 1 aliphatic rings. The van der Waals surface area contributed by atoms with Gasteiger partial charge in [0.05, 0.1) is 25.3 Å². The summed E-state index contributed by atoms with van der Waals surface area (Å²) in [6, 6.07) is 13.6. The maximum Gasteiger partial charge on any atom is 0.295 e. The molecule has 0 aliphatic carbocycles. The van der Waals surface area contributed by atoms with Gasteiger partial charge in [0, 0.05) is 12.1 Å². The number of nitrogens with zero attached hydrogens (tertiary/aromatic N) is 2. The number of likely N-dealkylation sites (tertiary alicyclic amines) is 1. The zero-order valence-corrected chi connectivity index (χ0v) is 21.8. The molecule has 2 aromatic rings. The van der Waals surface area contributed by atoms with Crippen LogP contribution in [-0.2, 0) is 9.59 Å². The van der Waals surface area contributed by atoms with Crippen LogP contribution >= 0.6 is 0 Å². The van der Waals surface area contributed by atoms with Crippen molar-refractivity contribution < 1.29 is 24.2 Å². The number of unbranched alkanes of at least 4 members (excludes halogenated alkanes) is 1. The summed E-state index contributed by atoms with van der Waals surface area (Å²) in [4.78, 5) is 30.4. The van der Waals surface area contributed by atoms with E-state index in [2.05, 4.69) is 25.7 Å². The van der Waals surface area contributed by atoms with E-state index in [1.165, 1.54) is 0 Å². The number of aliphatic hydroxyl groups excluding tert-OH is 1. The summed E-state index contributed by atoms with van der Waals surface area (Å²) in [5.41, 5.74) is 1.24. The lowest BCUT2D eigenvalue weighted by Crippen LogP contribution is -2.33. The minimum Gasteiger partial charge on any atom is -0.507 e. The van der Waals surface area contributed by atoms with Crippen LogP contribution in [0.2, 0.25) is 0 Å². The van der Waals surface area contributed by atoms with Gasteiger partial charge in [0.15, 0.2) is 0 Å². The summed E-state index contributed by atoms with van der Waals surface area (Å²) in [6.07, 6.45) is 2.65. The van der Waals surface area contributed by atoms with Crippen molar-refractivity contribution in [2.45, 2.75) is 46.1 Å². The molecule has 1 aliphatic heterocycles. The van der Waals surface area contributed by atoms with Crippen LogP contribution in [0.5, 0.6) is 11.5 Å². The van der Waals surface area contributed by atoms with E-state index in [4.69, 9.17) is 9.47 Å². The van der Waals surface area contributed by atoms with Gasteiger partial charge in [-0.25, -0.2) is 0 Å². The quantitative estimate of drug-likeness (QED) is 0.182. The first-order valence-electron chi connectivity index (χ1n) is 12.8. The van der Waals surface area contributed by atoms with Gasteiger partial charge in [-0.1, -0.05) is 51.5 Å². The number of aliphatic hydroxyl groups is 1. The summed E-state index contributed by atoms with van der Waals surface area (Å²) < 4.78 is 11.2. The van der Waals surface area contributed by atoms with Crippen molar-refractivity contribution in [3.8, 4) is 11.5 Å². The van der Waals surface area contributed by atoms with E-state index >= 15 is 0 Å². The van der Waals surface area contributed by atoms with Crippen molar-refractivity contribution in [1.82, 2.24) is 9.80 Å². The molecule has 0 saturated carbocycles. The van der Waals surface area contributed by atoms with E-state index in [1.807, 2.05) is 30.3 Å². The summed E-state index contributed by atoms with van der Waals surface area (Å²) in [6.45, 7) is 9.93. The Balaban J connectivity index is 2.01. The molecule has 1 unspecified atom stereocenters. The molecule has 0 bridgehead atoms. The Labute approximate surface area is 214 Å². The van der Waals surface area contributed by atoms with Crippen LogP contribution in [0.15, 0.2) is 54.1 Å². The van der Waals surface area contributed by atoms with Crippen molar-refractivity contribution in [3.05, 3.63) is 65.2 Å². The van der Waals surface area contributed by atoms with Crippen LogP contribution in [0.3, 0.4) is 0 Å². The van der Waals surface area contributed by atoms with Gasteiger partial charge >= 0.3 is 0 Å². The summed E-state index contributed by atoms with van der Waals surface area (Å²) >= 11 is 0. The van der Waals surface area contributed by atoms with E-state index in [0.29, 0.717) is 35.8 Å². The largest absolute Gasteiger partial charge is 0.507 e. The normalized spacial score (nSPS) is 17.1. The Morgan fingerprint density at radius 1 is 1.00 bits per heavy atom. The van der Waals surface area contributed by atoms with Crippen LogP contribution in [0.4, 0.5) is 0 Å². The van der Waals surface area contributed by atoms with Crippen molar-refractivity contribution in [1.29, 1.82) is 0 Å². The molecular formula is C29H38N2O5. The van der Waals surface area contributed by atoms with Gasteiger partial charge in [0.1, 0.15) is 17.3 Å². The van der Waals surface area contributed by atoms with E-state index in [-0.39, 0.29) is 11.3 Å². The van der Waals surface area contributed by atoms with Crippen molar-refractivity contribution in [3.63, 3.8) is 0 Å². The summed E-state index contributed by atoms with van der Waals surface area (Å²) in [5.74, 6) is -0.250. The molecule has 0 spiro atoms. The predicted molar refractivity (Wildman–Crippen MR) is 141 cm³/mol. The number of ether oxygens (including phenoxy) is 2. The molecular weight excluding hydrogens is 456 g/mol. The smallest absolute Gasteiger partial charge is 0.295 e. The monoisotopic (exact) mass is 494 g/mol. The number of hydrogen-bond acceptors (Lipinski definition) is 6. The van der Waals surface area contributed by atoms with Crippen molar-refractivity contribution >= 4 is 17.4 Å². The highest BCUT2D eigenvalue weighted by molar-refractivity contribution is 6.46. The fourth-order valence-corrected chi connectivity index (χ4v) is 4.50. The standard InChI is InChI=1S/C29H38N2O5/c1-5-8-18-36-24-15-10-13-22(20-24)27(32)25-26(21-12-9-14-23(19-21)35-4)31(29(34)28(25)33)17-11-16-30(6-2)7-3/h9-10,12-15,19-20,26,32H,5-8,11,16-18H2,1-4H3/b27-25+. The van der Waals surface area contributed by atoms with E-state index in [1.54, 1.807) is 30.2 Å². The Bertz CT molecular complexity index is 1080.